The molecular formula is C16H18FN2+. The van der Waals surface area contributed by atoms with Crippen molar-refractivity contribution in [3.63, 3.8) is 0 Å². The zero-order valence-corrected chi connectivity index (χ0v) is 11.5. The van der Waals surface area contributed by atoms with E-state index >= 15 is 0 Å². The van der Waals surface area contributed by atoms with Gasteiger partial charge in [-0.05, 0) is 23.3 Å². The third kappa shape index (κ3) is 3.41. The number of pyridine rings is 1. The molecule has 0 fully saturated rings. The normalized spacial score (nSPS) is 10.9. The fraction of sp³-hybridized carbons (Fsp3) is 0.188. The first kappa shape index (κ1) is 13.3. The number of anilines is 1. The Hall–Kier alpha value is -2.16. The van der Waals surface area contributed by atoms with E-state index in [1.165, 1.54) is 10.6 Å². The van der Waals surface area contributed by atoms with Crippen LogP contribution in [0.2, 0.25) is 0 Å². The summed E-state index contributed by atoms with van der Waals surface area (Å²) in [6.07, 6.45) is 5.60. The summed E-state index contributed by atoms with van der Waals surface area (Å²) in [5.41, 5.74) is 3.11. The molecule has 0 spiro atoms. The van der Waals surface area contributed by atoms with Crippen molar-refractivity contribution in [2.45, 2.75) is 0 Å². The summed E-state index contributed by atoms with van der Waals surface area (Å²) >= 11 is 0. The number of hydrogen-bond donors (Lipinski definition) is 0. The zero-order valence-electron chi connectivity index (χ0n) is 11.5. The summed E-state index contributed by atoms with van der Waals surface area (Å²) < 4.78 is 14.8. The van der Waals surface area contributed by atoms with Crippen molar-refractivity contribution in [1.82, 2.24) is 0 Å². The summed E-state index contributed by atoms with van der Waals surface area (Å²) in [4.78, 5) is 2.06. The van der Waals surface area contributed by atoms with Crippen molar-refractivity contribution in [1.29, 1.82) is 0 Å². The van der Waals surface area contributed by atoms with Gasteiger partial charge in [0.25, 0.3) is 0 Å². The van der Waals surface area contributed by atoms with Gasteiger partial charge in [0.2, 0.25) is 0 Å². The van der Waals surface area contributed by atoms with Gasteiger partial charge in [-0.15, -0.1) is 4.39 Å². The average Bonchev–Trinajstić information content (AvgIpc) is 2.40. The molecule has 0 bridgehead atoms. The van der Waals surface area contributed by atoms with Gasteiger partial charge in [-0.2, -0.15) is 4.57 Å². The van der Waals surface area contributed by atoms with Gasteiger partial charge in [0.05, 0.1) is 0 Å². The van der Waals surface area contributed by atoms with Gasteiger partial charge < -0.3 is 4.90 Å². The van der Waals surface area contributed by atoms with Crippen LogP contribution >= 0.6 is 0 Å². The maximum atomic E-state index is 13.4. The number of halogens is 1. The molecule has 0 aliphatic carbocycles. The summed E-state index contributed by atoms with van der Waals surface area (Å²) in [6.45, 7) is 0. The molecule has 0 atom stereocenters. The number of nitrogens with zero attached hydrogens (tertiary/aromatic N) is 2. The van der Waals surface area contributed by atoms with E-state index in [0.717, 1.165) is 16.8 Å². The van der Waals surface area contributed by atoms with E-state index in [1.54, 1.807) is 13.2 Å². The summed E-state index contributed by atoms with van der Waals surface area (Å²) in [5, 5.41) is 0. The van der Waals surface area contributed by atoms with Gasteiger partial charge in [-0.25, -0.2) is 0 Å². The monoisotopic (exact) mass is 257 g/mol. The molecular weight excluding hydrogens is 239 g/mol. The maximum Gasteiger partial charge on any atom is 0.359 e. The molecule has 0 saturated heterocycles. The Bertz CT molecular complexity index is 586. The second kappa shape index (κ2) is 5.65. The van der Waals surface area contributed by atoms with Crippen LogP contribution in [0.15, 0.2) is 42.6 Å². The van der Waals surface area contributed by atoms with Crippen LogP contribution in [0.1, 0.15) is 11.1 Å². The van der Waals surface area contributed by atoms with Crippen molar-refractivity contribution < 1.29 is 8.96 Å². The molecule has 0 N–H and O–H groups in total. The van der Waals surface area contributed by atoms with Crippen molar-refractivity contribution in [3.8, 4) is 0 Å². The molecule has 1 aromatic heterocycles. The highest BCUT2D eigenvalue weighted by molar-refractivity contribution is 5.70. The van der Waals surface area contributed by atoms with Crippen LogP contribution in [0.4, 0.5) is 10.1 Å². The Balaban J connectivity index is 2.15. The molecule has 2 aromatic rings. The number of hydrogen-bond acceptors (Lipinski definition) is 1. The molecule has 2 rings (SSSR count). The zero-order chi connectivity index (χ0) is 13.8. The van der Waals surface area contributed by atoms with E-state index in [1.807, 2.05) is 44.4 Å². The first-order valence-electron chi connectivity index (χ1n) is 6.17. The summed E-state index contributed by atoms with van der Waals surface area (Å²) in [7, 11) is 5.71. The van der Waals surface area contributed by atoms with E-state index in [9.17, 15) is 4.39 Å². The number of rotatable bonds is 3. The molecule has 0 unspecified atom stereocenters. The highest BCUT2D eigenvalue weighted by atomic mass is 19.1. The Morgan fingerprint density at radius 1 is 1.00 bits per heavy atom. The molecule has 0 amide bonds. The average molecular weight is 257 g/mol. The highest BCUT2D eigenvalue weighted by Gasteiger charge is 2.03. The first-order valence-corrected chi connectivity index (χ1v) is 6.17. The fourth-order valence-corrected chi connectivity index (χ4v) is 1.74. The second-order valence-corrected chi connectivity index (χ2v) is 4.71. The molecule has 19 heavy (non-hydrogen) atoms. The van der Waals surface area contributed by atoms with Gasteiger partial charge in [0.15, 0.2) is 6.20 Å². The smallest absolute Gasteiger partial charge is 0.359 e. The van der Waals surface area contributed by atoms with Crippen molar-refractivity contribution in [2.24, 2.45) is 7.05 Å². The molecule has 98 valence electrons. The molecule has 0 saturated carbocycles. The van der Waals surface area contributed by atoms with Gasteiger partial charge >= 0.3 is 5.95 Å². The lowest BCUT2D eigenvalue weighted by molar-refractivity contribution is -0.700. The van der Waals surface area contributed by atoms with E-state index in [-0.39, 0.29) is 5.95 Å². The van der Waals surface area contributed by atoms with Gasteiger partial charge in [0.1, 0.15) is 7.05 Å². The molecule has 3 heteroatoms. The minimum atomic E-state index is -0.245. The van der Waals surface area contributed by atoms with Crippen molar-refractivity contribution in [3.05, 3.63) is 59.7 Å². The standard InChI is InChI=1S/C16H18FN2/c1-18(2)15-8-6-13(7-9-15)4-5-14-10-11-19(3)16(17)12-14/h4-12H,1-3H3/q+1. The predicted octanol–water partition coefficient (Wildman–Crippen LogP) is 2.89. The largest absolute Gasteiger partial charge is 0.378 e. The minimum Gasteiger partial charge on any atom is -0.378 e. The second-order valence-electron chi connectivity index (χ2n) is 4.71. The maximum absolute atomic E-state index is 13.4. The van der Waals surface area contributed by atoms with E-state index < -0.39 is 0 Å². The van der Waals surface area contributed by atoms with Crippen LogP contribution in [0, 0.1) is 5.95 Å². The van der Waals surface area contributed by atoms with E-state index in [0.29, 0.717) is 0 Å². The van der Waals surface area contributed by atoms with Crippen LogP contribution in [0.5, 0.6) is 0 Å². The summed E-state index contributed by atoms with van der Waals surface area (Å²) in [6, 6.07) is 11.6. The van der Waals surface area contributed by atoms with Crippen LogP contribution in [-0.2, 0) is 7.05 Å². The van der Waals surface area contributed by atoms with Gasteiger partial charge in [0, 0.05) is 31.9 Å². The molecule has 1 heterocycles. The predicted molar refractivity (Wildman–Crippen MR) is 77.3 cm³/mol. The molecule has 2 nitrogen and oxygen atoms in total. The Morgan fingerprint density at radius 3 is 2.21 bits per heavy atom. The fourth-order valence-electron chi connectivity index (χ4n) is 1.74. The van der Waals surface area contributed by atoms with E-state index in [2.05, 4.69) is 17.0 Å². The lowest BCUT2D eigenvalue weighted by Gasteiger charge is -2.11. The van der Waals surface area contributed by atoms with Crippen molar-refractivity contribution >= 4 is 17.8 Å². The summed E-state index contributed by atoms with van der Waals surface area (Å²) in [5.74, 6) is -0.245. The van der Waals surface area contributed by atoms with E-state index in [4.69, 9.17) is 0 Å². The minimum absolute atomic E-state index is 0.245. The topological polar surface area (TPSA) is 7.12 Å². The lowest BCUT2D eigenvalue weighted by Crippen LogP contribution is -2.32. The quantitative estimate of drug-likeness (QED) is 0.606. The van der Waals surface area contributed by atoms with Crippen LogP contribution in [0.25, 0.3) is 12.2 Å². The first-order chi connectivity index (χ1) is 9.06. The van der Waals surface area contributed by atoms with Crippen LogP contribution < -0.4 is 9.47 Å². The number of aromatic nitrogens is 1. The van der Waals surface area contributed by atoms with Crippen molar-refractivity contribution in [2.75, 3.05) is 19.0 Å². The number of aryl methyl sites for hydroxylation is 1. The Labute approximate surface area is 113 Å². The third-order valence-electron chi connectivity index (χ3n) is 2.99. The SMILES string of the molecule is CN(C)c1ccc(/C=C/c2cc[n+](C)c(F)c2)cc1. The highest BCUT2D eigenvalue weighted by Crippen LogP contribution is 2.14. The van der Waals surface area contributed by atoms with Crippen LogP contribution in [-0.4, -0.2) is 14.1 Å². The Morgan fingerprint density at radius 2 is 1.63 bits per heavy atom. The van der Waals surface area contributed by atoms with Gasteiger partial charge in [-0.1, -0.05) is 24.3 Å². The molecule has 1 aromatic carbocycles. The van der Waals surface area contributed by atoms with Crippen LogP contribution in [0.3, 0.4) is 0 Å². The Kier molecular flexibility index (Phi) is 3.95. The third-order valence-corrected chi connectivity index (χ3v) is 2.99. The molecule has 0 aliphatic rings. The molecule has 0 radical (unpaired) electrons. The molecule has 0 aliphatic heterocycles. The van der Waals surface area contributed by atoms with Gasteiger partial charge in [-0.3, -0.25) is 0 Å². The number of benzene rings is 1. The lowest BCUT2D eigenvalue weighted by atomic mass is 10.1.